The second-order valence-corrected chi connectivity index (χ2v) is 6.49. The molecule has 28 heavy (non-hydrogen) atoms. The number of amides is 1. The van der Waals surface area contributed by atoms with Gasteiger partial charge >= 0.3 is 0 Å². The number of fused-ring (bicyclic) bond motifs is 1. The molecule has 1 aromatic heterocycles. The number of carbonyl (C=O) groups is 1. The number of aromatic amines is 1. The first kappa shape index (κ1) is 17.8. The third-order valence-corrected chi connectivity index (χ3v) is 4.50. The van der Waals surface area contributed by atoms with Crippen molar-refractivity contribution >= 4 is 34.0 Å². The summed E-state index contributed by atoms with van der Waals surface area (Å²) in [6, 6.07) is 22.8. The molecule has 138 valence electrons. The predicted octanol–water partition coefficient (Wildman–Crippen LogP) is 5.23. The standard InChI is InChI=1S/C22H15ClN2O3/c23-16-9-3-5-11-19(16)28-20-12-6-4-10-17(20)24-22(27)18-13-14-7-1-2-8-15(14)21(26)25-18/h1-13H,(H,24,27)(H,25,26). The van der Waals surface area contributed by atoms with Crippen LogP contribution >= 0.6 is 11.6 Å². The van der Waals surface area contributed by atoms with E-state index in [4.69, 9.17) is 16.3 Å². The Morgan fingerprint density at radius 2 is 1.57 bits per heavy atom. The summed E-state index contributed by atoms with van der Waals surface area (Å²) >= 11 is 6.15. The Kier molecular flexibility index (Phi) is 4.83. The van der Waals surface area contributed by atoms with Crippen molar-refractivity contribution < 1.29 is 9.53 Å². The molecule has 0 aliphatic rings. The molecule has 0 spiro atoms. The highest BCUT2D eigenvalue weighted by atomic mass is 35.5. The molecule has 0 saturated carbocycles. The molecule has 0 saturated heterocycles. The Bertz CT molecular complexity index is 1230. The molecule has 0 fully saturated rings. The van der Waals surface area contributed by atoms with Gasteiger partial charge in [0.15, 0.2) is 5.75 Å². The first-order chi connectivity index (χ1) is 13.6. The fourth-order valence-electron chi connectivity index (χ4n) is 2.83. The number of H-pyrrole nitrogens is 1. The van der Waals surface area contributed by atoms with Crippen LogP contribution in [0.1, 0.15) is 10.5 Å². The summed E-state index contributed by atoms with van der Waals surface area (Å²) in [6.07, 6.45) is 0. The molecule has 0 radical (unpaired) electrons. The first-order valence-electron chi connectivity index (χ1n) is 8.56. The number of aromatic nitrogens is 1. The molecule has 4 rings (SSSR count). The second kappa shape index (κ2) is 7.58. The smallest absolute Gasteiger partial charge is 0.272 e. The van der Waals surface area contributed by atoms with Gasteiger partial charge in [0.05, 0.1) is 10.7 Å². The maximum absolute atomic E-state index is 12.7. The van der Waals surface area contributed by atoms with Crippen LogP contribution in [0.25, 0.3) is 10.8 Å². The van der Waals surface area contributed by atoms with Crippen LogP contribution in [0.5, 0.6) is 11.5 Å². The van der Waals surface area contributed by atoms with Gasteiger partial charge in [-0.2, -0.15) is 0 Å². The maximum atomic E-state index is 12.7. The summed E-state index contributed by atoms with van der Waals surface area (Å²) < 4.78 is 5.85. The lowest BCUT2D eigenvalue weighted by Gasteiger charge is -2.13. The zero-order valence-electron chi connectivity index (χ0n) is 14.6. The minimum atomic E-state index is -0.446. The molecule has 0 aliphatic heterocycles. The number of hydrogen-bond donors (Lipinski definition) is 2. The minimum Gasteiger partial charge on any atom is -0.454 e. The highest BCUT2D eigenvalue weighted by Crippen LogP contribution is 2.33. The van der Waals surface area contributed by atoms with Crippen LogP contribution < -0.4 is 15.6 Å². The number of para-hydroxylation sites is 3. The molecule has 2 N–H and O–H groups in total. The van der Waals surface area contributed by atoms with Crippen molar-refractivity contribution in [2.24, 2.45) is 0 Å². The molecule has 4 aromatic rings. The van der Waals surface area contributed by atoms with Crippen LogP contribution in [0.3, 0.4) is 0 Å². The van der Waals surface area contributed by atoms with Crippen molar-refractivity contribution in [3.05, 3.63) is 99.9 Å². The Hall–Kier alpha value is -3.57. The van der Waals surface area contributed by atoms with Crippen LogP contribution in [0.4, 0.5) is 5.69 Å². The highest BCUT2D eigenvalue weighted by molar-refractivity contribution is 6.32. The number of nitrogens with one attached hydrogen (secondary N) is 2. The van der Waals surface area contributed by atoms with E-state index in [2.05, 4.69) is 10.3 Å². The number of halogens is 1. The number of benzene rings is 3. The molecular formula is C22H15ClN2O3. The number of hydrogen-bond acceptors (Lipinski definition) is 3. The van der Waals surface area contributed by atoms with Crippen LogP contribution in [0.2, 0.25) is 5.02 Å². The van der Waals surface area contributed by atoms with E-state index in [1.807, 2.05) is 12.1 Å². The Morgan fingerprint density at radius 1 is 0.893 bits per heavy atom. The molecule has 0 aliphatic carbocycles. The number of rotatable bonds is 4. The quantitative estimate of drug-likeness (QED) is 0.501. The molecule has 1 heterocycles. The van der Waals surface area contributed by atoms with Crippen LogP contribution in [0, 0.1) is 0 Å². The van der Waals surface area contributed by atoms with Gasteiger partial charge in [-0.25, -0.2) is 0 Å². The van der Waals surface area contributed by atoms with E-state index >= 15 is 0 Å². The summed E-state index contributed by atoms with van der Waals surface area (Å²) in [4.78, 5) is 27.6. The Balaban J connectivity index is 1.64. The van der Waals surface area contributed by atoms with Crippen molar-refractivity contribution in [2.75, 3.05) is 5.32 Å². The number of pyridine rings is 1. The van der Waals surface area contributed by atoms with Crippen molar-refractivity contribution in [2.45, 2.75) is 0 Å². The normalized spacial score (nSPS) is 10.6. The zero-order chi connectivity index (χ0) is 19.5. The van der Waals surface area contributed by atoms with Crippen molar-refractivity contribution in [1.29, 1.82) is 0 Å². The molecular weight excluding hydrogens is 376 g/mol. The second-order valence-electron chi connectivity index (χ2n) is 6.08. The minimum absolute atomic E-state index is 0.163. The van der Waals surface area contributed by atoms with Crippen molar-refractivity contribution in [3.8, 4) is 11.5 Å². The van der Waals surface area contributed by atoms with Gasteiger partial charge in [0, 0.05) is 5.39 Å². The van der Waals surface area contributed by atoms with E-state index in [0.717, 1.165) is 0 Å². The summed E-state index contributed by atoms with van der Waals surface area (Å²) in [6.45, 7) is 0. The lowest BCUT2D eigenvalue weighted by molar-refractivity contribution is 0.102. The van der Waals surface area contributed by atoms with E-state index < -0.39 is 5.91 Å². The topological polar surface area (TPSA) is 71.2 Å². The third-order valence-electron chi connectivity index (χ3n) is 4.19. The molecule has 6 heteroatoms. The zero-order valence-corrected chi connectivity index (χ0v) is 15.4. The molecule has 0 atom stereocenters. The number of carbonyl (C=O) groups excluding carboxylic acids is 1. The number of ether oxygens (including phenoxy) is 1. The van der Waals surface area contributed by atoms with Gasteiger partial charge in [0.2, 0.25) is 0 Å². The third kappa shape index (κ3) is 3.61. The van der Waals surface area contributed by atoms with Crippen molar-refractivity contribution in [3.63, 3.8) is 0 Å². The van der Waals surface area contributed by atoms with Crippen molar-refractivity contribution in [1.82, 2.24) is 4.98 Å². The van der Waals surface area contributed by atoms with E-state index in [1.165, 1.54) is 0 Å². The van der Waals surface area contributed by atoms with E-state index in [9.17, 15) is 9.59 Å². The van der Waals surface area contributed by atoms with E-state index in [1.54, 1.807) is 66.7 Å². The van der Waals surface area contributed by atoms with Gasteiger partial charge in [-0.1, -0.05) is 54.1 Å². The van der Waals surface area contributed by atoms with Gasteiger partial charge in [-0.3, -0.25) is 9.59 Å². The lowest BCUT2D eigenvalue weighted by Crippen LogP contribution is -2.19. The number of anilines is 1. The van der Waals surface area contributed by atoms with Crippen LogP contribution in [-0.4, -0.2) is 10.9 Å². The average molecular weight is 391 g/mol. The molecule has 5 nitrogen and oxygen atoms in total. The Labute approximate surface area is 165 Å². The SMILES string of the molecule is O=C(Nc1ccccc1Oc1ccccc1Cl)c1cc2ccccc2c(=O)[nH]1. The summed E-state index contributed by atoms with van der Waals surface area (Å²) in [5, 5.41) is 4.46. The van der Waals surface area contributed by atoms with Crippen LogP contribution in [0.15, 0.2) is 83.7 Å². The Morgan fingerprint density at radius 3 is 2.39 bits per heavy atom. The highest BCUT2D eigenvalue weighted by Gasteiger charge is 2.13. The van der Waals surface area contributed by atoms with Gasteiger partial charge < -0.3 is 15.0 Å². The summed E-state index contributed by atoms with van der Waals surface area (Å²) in [7, 11) is 0. The van der Waals surface area contributed by atoms with Gasteiger partial charge in [0.25, 0.3) is 11.5 Å². The van der Waals surface area contributed by atoms with Gasteiger partial charge in [-0.05, 0) is 41.8 Å². The lowest BCUT2D eigenvalue weighted by atomic mass is 10.1. The fraction of sp³-hybridized carbons (Fsp3) is 0. The van der Waals surface area contributed by atoms with Gasteiger partial charge in [0.1, 0.15) is 11.4 Å². The molecule has 0 unspecified atom stereocenters. The van der Waals surface area contributed by atoms with E-state index in [0.29, 0.717) is 33.0 Å². The average Bonchev–Trinajstić information content (AvgIpc) is 2.71. The fourth-order valence-corrected chi connectivity index (χ4v) is 3.00. The van der Waals surface area contributed by atoms with Gasteiger partial charge in [-0.15, -0.1) is 0 Å². The molecule has 0 bridgehead atoms. The maximum Gasteiger partial charge on any atom is 0.272 e. The molecule has 3 aromatic carbocycles. The van der Waals surface area contributed by atoms with Crippen LogP contribution in [-0.2, 0) is 0 Å². The summed E-state index contributed by atoms with van der Waals surface area (Å²) in [5.41, 5.74) is 0.307. The largest absolute Gasteiger partial charge is 0.454 e. The predicted molar refractivity (Wildman–Crippen MR) is 110 cm³/mol. The monoisotopic (exact) mass is 390 g/mol. The van der Waals surface area contributed by atoms with E-state index in [-0.39, 0.29) is 11.3 Å². The first-order valence-corrected chi connectivity index (χ1v) is 8.94. The molecule has 1 amide bonds. The summed E-state index contributed by atoms with van der Waals surface area (Å²) in [5.74, 6) is 0.468.